The molecule has 0 radical (unpaired) electrons. The molecule has 2 unspecified atom stereocenters. The molecule has 5 nitrogen and oxygen atoms in total. The second-order valence-corrected chi connectivity index (χ2v) is 11.6. The Morgan fingerprint density at radius 2 is 1.88 bits per heavy atom. The van der Waals surface area contributed by atoms with Gasteiger partial charge in [-0.1, -0.05) is 51.1 Å². The van der Waals surface area contributed by atoms with E-state index in [1.165, 1.54) is 0 Å². The van der Waals surface area contributed by atoms with Gasteiger partial charge in [0.05, 0.1) is 11.8 Å². The zero-order valence-corrected chi connectivity index (χ0v) is 18.2. The fraction of sp³-hybridized carbons (Fsp3) is 0.650. The number of hydrogen-bond donors (Lipinski definition) is 1. The summed E-state index contributed by atoms with van der Waals surface area (Å²) in [6.45, 7) is 11.8. The van der Waals surface area contributed by atoms with Crippen LogP contribution in [0.1, 0.15) is 53.0 Å². The fourth-order valence-corrected chi connectivity index (χ4v) is 4.32. The average Bonchev–Trinajstić information content (AvgIpc) is 2.58. The smallest absolute Gasteiger partial charge is 0.411 e. The van der Waals surface area contributed by atoms with Gasteiger partial charge in [-0.3, -0.25) is 4.90 Å². The predicted octanol–water partition coefficient (Wildman–Crippen LogP) is 3.42. The van der Waals surface area contributed by atoms with Gasteiger partial charge in [0, 0.05) is 12.5 Å². The van der Waals surface area contributed by atoms with Crippen molar-refractivity contribution >= 4 is 15.9 Å². The molecule has 0 spiro atoms. The van der Waals surface area contributed by atoms with Crippen molar-refractivity contribution in [1.29, 1.82) is 0 Å². The minimum Gasteiger partial charge on any atom is -0.445 e. The molecule has 1 heterocycles. The Morgan fingerprint density at radius 1 is 1.23 bits per heavy atom. The zero-order valence-electron chi connectivity index (χ0n) is 16.8. The Hall–Kier alpha value is -1.37. The quantitative estimate of drug-likeness (QED) is 0.798. The van der Waals surface area contributed by atoms with E-state index < -0.39 is 9.76 Å². The largest absolute Gasteiger partial charge is 0.445 e. The van der Waals surface area contributed by atoms with Crippen LogP contribution in [-0.4, -0.2) is 39.1 Å². The minimum atomic E-state index is -0.693. The van der Waals surface area contributed by atoms with E-state index in [0.29, 0.717) is 6.54 Å². The lowest BCUT2D eigenvalue weighted by atomic mass is 9.82. The van der Waals surface area contributed by atoms with Crippen molar-refractivity contribution in [2.24, 2.45) is 11.7 Å². The van der Waals surface area contributed by atoms with E-state index in [-0.39, 0.29) is 35.4 Å². The lowest BCUT2D eigenvalue weighted by Gasteiger charge is -2.46. The number of ether oxygens (including phenoxy) is 1. The Labute approximate surface area is 160 Å². The third-order valence-electron chi connectivity index (χ3n) is 4.90. The number of nitrogens with two attached hydrogens (primary N) is 1. The third-order valence-corrected chi connectivity index (χ3v) is 6.65. The van der Waals surface area contributed by atoms with Crippen LogP contribution in [0.5, 0.6) is 0 Å². The molecule has 1 aromatic carbocycles. The van der Waals surface area contributed by atoms with E-state index in [0.717, 1.165) is 18.4 Å². The number of amides is 1. The van der Waals surface area contributed by atoms with Gasteiger partial charge in [-0.15, -0.1) is 0 Å². The van der Waals surface area contributed by atoms with E-state index >= 15 is 0 Å². The fourth-order valence-electron chi connectivity index (χ4n) is 3.30. The molecule has 2 N–H and O–H groups in total. The van der Waals surface area contributed by atoms with E-state index in [1.54, 1.807) is 4.90 Å². The molecule has 0 aliphatic carbocycles. The highest BCUT2D eigenvalue weighted by Gasteiger charge is 2.42. The van der Waals surface area contributed by atoms with Gasteiger partial charge in [0.1, 0.15) is 6.61 Å². The van der Waals surface area contributed by atoms with Crippen LogP contribution in [0.25, 0.3) is 0 Å². The summed E-state index contributed by atoms with van der Waals surface area (Å²) in [5.74, 6) is 0.107. The number of carbonyl (C=O) groups excluding carboxylic acids is 1. The number of carbonyl (C=O) groups is 1. The molecule has 2 rings (SSSR count). The van der Waals surface area contributed by atoms with Gasteiger partial charge >= 0.3 is 6.09 Å². The van der Waals surface area contributed by atoms with Crippen LogP contribution in [0.4, 0.5) is 4.79 Å². The number of likely N-dealkylation sites (tertiary alicyclic amines) is 1. The van der Waals surface area contributed by atoms with Gasteiger partial charge < -0.3 is 14.9 Å². The van der Waals surface area contributed by atoms with E-state index in [2.05, 4.69) is 34.6 Å². The molecular weight excluding hydrogens is 344 g/mol. The maximum atomic E-state index is 12.6. The van der Waals surface area contributed by atoms with Crippen LogP contribution in [0, 0.1) is 5.92 Å². The third kappa shape index (κ3) is 5.82. The standard InChI is InChI=1S/C20H34N2O3Si/c1-19(2,3)26-25-20(4,5)16-12-9-13-22(17(16)21)18(23)24-14-15-10-7-6-8-11-15/h6-8,10-11,16-17H,9,12-14,21,26H2,1-5H3. The summed E-state index contributed by atoms with van der Waals surface area (Å²) in [5, 5.41) is 0.227. The first-order valence-corrected chi connectivity index (χ1v) is 10.8. The topological polar surface area (TPSA) is 64.8 Å². The van der Waals surface area contributed by atoms with Crippen molar-refractivity contribution in [3.05, 3.63) is 35.9 Å². The average molecular weight is 379 g/mol. The predicted molar refractivity (Wildman–Crippen MR) is 107 cm³/mol. The lowest BCUT2D eigenvalue weighted by Crippen LogP contribution is -2.59. The molecule has 0 aromatic heterocycles. The number of rotatable bonds is 5. The van der Waals surface area contributed by atoms with Gasteiger partial charge in [-0.05, 0) is 37.3 Å². The summed E-state index contributed by atoms with van der Waals surface area (Å²) >= 11 is 0. The Kier molecular flexibility index (Phi) is 6.88. The van der Waals surface area contributed by atoms with Gasteiger partial charge in [-0.25, -0.2) is 4.79 Å². The number of piperidine rings is 1. The van der Waals surface area contributed by atoms with Crippen molar-refractivity contribution in [3.63, 3.8) is 0 Å². The van der Waals surface area contributed by atoms with E-state index in [4.69, 9.17) is 14.9 Å². The Bertz CT molecular complexity index is 586. The molecule has 1 saturated heterocycles. The summed E-state index contributed by atoms with van der Waals surface area (Å²) < 4.78 is 11.8. The molecule has 1 fully saturated rings. The number of benzene rings is 1. The van der Waals surface area contributed by atoms with Crippen LogP contribution >= 0.6 is 0 Å². The summed E-state index contributed by atoms with van der Waals surface area (Å²) in [7, 11) is -0.693. The highest BCUT2D eigenvalue weighted by molar-refractivity contribution is 6.31. The molecular formula is C20H34N2O3Si. The molecule has 1 aliphatic rings. The first-order chi connectivity index (χ1) is 12.1. The van der Waals surface area contributed by atoms with E-state index in [1.807, 2.05) is 30.3 Å². The number of hydrogen-bond acceptors (Lipinski definition) is 4. The Morgan fingerprint density at radius 3 is 2.50 bits per heavy atom. The maximum absolute atomic E-state index is 12.6. The van der Waals surface area contributed by atoms with E-state index in [9.17, 15) is 4.79 Å². The summed E-state index contributed by atoms with van der Waals surface area (Å²) in [5.41, 5.74) is 7.12. The molecule has 0 saturated carbocycles. The van der Waals surface area contributed by atoms with Crippen molar-refractivity contribution in [3.8, 4) is 0 Å². The van der Waals surface area contributed by atoms with Crippen LogP contribution in [0.2, 0.25) is 5.04 Å². The monoisotopic (exact) mass is 378 g/mol. The van der Waals surface area contributed by atoms with Crippen LogP contribution in [0.3, 0.4) is 0 Å². The lowest BCUT2D eigenvalue weighted by molar-refractivity contribution is -0.0323. The van der Waals surface area contributed by atoms with Gasteiger partial charge in [0.2, 0.25) is 0 Å². The second kappa shape index (κ2) is 8.54. The molecule has 2 atom stereocenters. The molecule has 1 aliphatic heterocycles. The number of nitrogens with zero attached hydrogens (tertiary/aromatic N) is 1. The molecule has 6 heteroatoms. The SMILES string of the molecule is CC(C)(C)[SiH2]OC(C)(C)C1CCCN(C(=O)OCc2ccccc2)C1N. The highest BCUT2D eigenvalue weighted by Crippen LogP contribution is 2.35. The molecule has 0 bridgehead atoms. The van der Waals surface area contributed by atoms with Gasteiger partial charge in [-0.2, -0.15) is 0 Å². The summed E-state index contributed by atoms with van der Waals surface area (Å²) in [6, 6.07) is 9.70. The molecule has 26 heavy (non-hydrogen) atoms. The van der Waals surface area contributed by atoms with Crippen molar-refractivity contribution < 1.29 is 14.0 Å². The second-order valence-electron chi connectivity index (χ2n) is 8.93. The van der Waals surface area contributed by atoms with Gasteiger partial charge in [0.25, 0.3) is 0 Å². The van der Waals surface area contributed by atoms with Crippen LogP contribution < -0.4 is 5.73 Å². The van der Waals surface area contributed by atoms with Crippen molar-refractivity contribution in [2.45, 2.75) is 70.9 Å². The van der Waals surface area contributed by atoms with Crippen molar-refractivity contribution in [2.75, 3.05) is 6.54 Å². The summed E-state index contributed by atoms with van der Waals surface area (Å²) in [6.07, 6.45) is 1.17. The Balaban J connectivity index is 1.97. The maximum Gasteiger partial charge on any atom is 0.411 e. The zero-order chi connectivity index (χ0) is 19.4. The summed E-state index contributed by atoms with van der Waals surface area (Å²) in [4.78, 5) is 14.2. The molecule has 1 amide bonds. The minimum absolute atomic E-state index is 0.107. The van der Waals surface area contributed by atoms with Crippen LogP contribution in [0.15, 0.2) is 30.3 Å². The first kappa shape index (κ1) is 20.9. The highest BCUT2D eigenvalue weighted by atomic mass is 28.2. The van der Waals surface area contributed by atoms with Crippen LogP contribution in [-0.2, 0) is 15.8 Å². The first-order valence-electron chi connectivity index (χ1n) is 9.47. The normalized spacial score (nSPS) is 22.0. The van der Waals surface area contributed by atoms with Crippen molar-refractivity contribution in [1.82, 2.24) is 4.90 Å². The molecule has 1 aromatic rings. The van der Waals surface area contributed by atoms with Gasteiger partial charge in [0.15, 0.2) is 9.76 Å². The molecule has 146 valence electrons.